The van der Waals surface area contributed by atoms with E-state index in [1.54, 1.807) is 6.07 Å². The Morgan fingerprint density at radius 1 is 1.73 bits per heavy atom. The van der Waals surface area contributed by atoms with Crippen molar-refractivity contribution in [1.29, 1.82) is 5.26 Å². The minimum Gasteiger partial charge on any atom is -0.257 e. The number of halogens is 2. The molecule has 0 fully saturated rings. The summed E-state index contributed by atoms with van der Waals surface area (Å²) in [5.74, 6) is 0. The van der Waals surface area contributed by atoms with E-state index in [0.29, 0.717) is 15.9 Å². The second-order valence-corrected chi connectivity index (χ2v) is 2.89. The Morgan fingerprint density at radius 3 is 3.00 bits per heavy atom. The van der Waals surface area contributed by atoms with Gasteiger partial charge in [0.25, 0.3) is 0 Å². The number of rotatable bonds is 1. The van der Waals surface area contributed by atoms with Gasteiger partial charge in [0.15, 0.2) is 0 Å². The molecule has 0 aliphatic rings. The fourth-order valence-electron chi connectivity index (χ4n) is 0.671. The molecule has 11 heavy (non-hydrogen) atoms. The topological polar surface area (TPSA) is 36.7 Å². The lowest BCUT2D eigenvalue weighted by Crippen LogP contribution is -1.89. The van der Waals surface area contributed by atoms with Gasteiger partial charge in [-0.05, 0) is 6.07 Å². The summed E-state index contributed by atoms with van der Waals surface area (Å²) in [7, 11) is 0. The standard InChI is InChI=1S/C7H4BrClN2/c8-2-7-5(3-10)1-6(9)4-11-7/h1,4H,2H2. The second-order valence-electron chi connectivity index (χ2n) is 1.89. The number of nitriles is 1. The smallest absolute Gasteiger partial charge is 0.101 e. The molecule has 0 atom stereocenters. The molecular formula is C7H4BrClN2. The summed E-state index contributed by atoms with van der Waals surface area (Å²) in [6.07, 6.45) is 1.53. The second kappa shape index (κ2) is 3.70. The molecular weight excluding hydrogens is 227 g/mol. The molecule has 0 bridgehead atoms. The van der Waals surface area contributed by atoms with Crippen LogP contribution in [0.2, 0.25) is 5.02 Å². The molecule has 0 amide bonds. The molecule has 56 valence electrons. The van der Waals surface area contributed by atoms with Crippen molar-refractivity contribution >= 4 is 27.5 Å². The third-order valence-corrected chi connectivity index (χ3v) is 1.92. The Morgan fingerprint density at radius 2 is 2.45 bits per heavy atom. The Balaban J connectivity index is 3.19. The van der Waals surface area contributed by atoms with Crippen LogP contribution >= 0.6 is 27.5 Å². The lowest BCUT2D eigenvalue weighted by Gasteiger charge is -1.96. The lowest BCUT2D eigenvalue weighted by atomic mass is 10.2. The molecule has 2 nitrogen and oxygen atoms in total. The van der Waals surface area contributed by atoms with Gasteiger partial charge < -0.3 is 0 Å². The third kappa shape index (κ3) is 1.92. The molecule has 0 aliphatic heterocycles. The van der Waals surface area contributed by atoms with Gasteiger partial charge in [-0.3, -0.25) is 4.98 Å². The van der Waals surface area contributed by atoms with Crippen LogP contribution in [0.15, 0.2) is 12.3 Å². The first-order chi connectivity index (χ1) is 5.27. The molecule has 0 aliphatic carbocycles. The van der Waals surface area contributed by atoms with Gasteiger partial charge in [-0.2, -0.15) is 5.26 Å². The molecule has 1 rings (SSSR count). The van der Waals surface area contributed by atoms with E-state index in [0.717, 1.165) is 5.69 Å². The van der Waals surface area contributed by atoms with Crippen LogP contribution in [-0.2, 0) is 5.33 Å². The lowest BCUT2D eigenvalue weighted by molar-refractivity contribution is 1.16. The van der Waals surface area contributed by atoms with Crippen LogP contribution in [0.5, 0.6) is 0 Å². The van der Waals surface area contributed by atoms with Crippen LogP contribution in [0.3, 0.4) is 0 Å². The zero-order chi connectivity index (χ0) is 8.27. The Kier molecular flexibility index (Phi) is 2.86. The van der Waals surface area contributed by atoms with Crippen molar-refractivity contribution in [2.75, 3.05) is 0 Å². The van der Waals surface area contributed by atoms with E-state index in [1.165, 1.54) is 6.20 Å². The number of hydrogen-bond donors (Lipinski definition) is 0. The molecule has 0 radical (unpaired) electrons. The average molecular weight is 231 g/mol. The molecule has 1 aromatic heterocycles. The highest BCUT2D eigenvalue weighted by Crippen LogP contribution is 2.14. The summed E-state index contributed by atoms with van der Waals surface area (Å²) in [6.45, 7) is 0. The van der Waals surface area contributed by atoms with Crippen molar-refractivity contribution in [3.05, 3.63) is 28.5 Å². The van der Waals surface area contributed by atoms with Crippen LogP contribution in [-0.4, -0.2) is 4.98 Å². The molecule has 0 saturated heterocycles. The van der Waals surface area contributed by atoms with Crippen LogP contribution in [0.1, 0.15) is 11.3 Å². The van der Waals surface area contributed by atoms with Gasteiger partial charge in [-0.25, -0.2) is 0 Å². The minimum atomic E-state index is 0.492. The fourth-order valence-corrected chi connectivity index (χ4v) is 1.28. The maximum absolute atomic E-state index is 8.60. The van der Waals surface area contributed by atoms with E-state index in [1.807, 2.05) is 6.07 Å². The highest BCUT2D eigenvalue weighted by molar-refractivity contribution is 9.08. The molecule has 4 heteroatoms. The summed E-state index contributed by atoms with van der Waals surface area (Å²) in [4.78, 5) is 3.97. The first-order valence-corrected chi connectivity index (χ1v) is 4.38. The van der Waals surface area contributed by atoms with Gasteiger partial charge in [0.2, 0.25) is 0 Å². The van der Waals surface area contributed by atoms with Gasteiger partial charge in [0.05, 0.1) is 16.3 Å². The van der Waals surface area contributed by atoms with E-state index in [2.05, 4.69) is 20.9 Å². The van der Waals surface area contributed by atoms with Crippen LogP contribution in [0.25, 0.3) is 0 Å². The number of aromatic nitrogens is 1. The van der Waals surface area contributed by atoms with Crippen molar-refractivity contribution in [2.24, 2.45) is 0 Å². The van der Waals surface area contributed by atoms with Crippen LogP contribution in [0, 0.1) is 11.3 Å². The minimum absolute atomic E-state index is 0.492. The van der Waals surface area contributed by atoms with E-state index >= 15 is 0 Å². The summed E-state index contributed by atoms with van der Waals surface area (Å²) >= 11 is 8.84. The zero-order valence-electron chi connectivity index (χ0n) is 5.51. The van der Waals surface area contributed by atoms with E-state index in [4.69, 9.17) is 16.9 Å². The maximum Gasteiger partial charge on any atom is 0.101 e. The molecule has 1 heterocycles. The Hall–Kier alpha value is -0.590. The first kappa shape index (κ1) is 8.51. The quantitative estimate of drug-likeness (QED) is 0.696. The first-order valence-electron chi connectivity index (χ1n) is 2.88. The average Bonchev–Trinajstić information content (AvgIpc) is 2.04. The molecule has 0 spiro atoms. The summed E-state index contributed by atoms with van der Waals surface area (Å²) in [5, 5.41) is 9.67. The third-order valence-electron chi connectivity index (χ3n) is 1.18. The zero-order valence-corrected chi connectivity index (χ0v) is 7.85. The Bertz CT molecular complexity index is 306. The van der Waals surface area contributed by atoms with Crippen molar-refractivity contribution in [3.63, 3.8) is 0 Å². The SMILES string of the molecule is N#Cc1cc(Cl)cnc1CBr. The number of nitrogens with zero attached hydrogens (tertiary/aromatic N) is 2. The predicted octanol–water partition coefficient (Wildman–Crippen LogP) is 2.50. The van der Waals surface area contributed by atoms with E-state index in [-0.39, 0.29) is 0 Å². The maximum atomic E-state index is 8.60. The van der Waals surface area contributed by atoms with Gasteiger partial charge >= 0.3 is 0 Å². The Labute approximate surface area is 77.9 Å². The highest BCUT2D eigenvalue weighted by atomic mass is 79.9. The number of hydrogen-bond acceptors (Lipinski definition) is 2. The molecule has 0 aromatic carbocycles. The van der Waals surface area contributed by atoms with E-state index < -0.39 is 0 Å². The molecule has 0 unspecified atom stereocenters. The van der Waals surface area contributed by atoms with Crippen molar-refractivity contribution in [3.8, 4) is 6.07 Å². The molecule has 0 N–H and O–H groups in total. The van der Waals surface area contributed by atoms with Crippen LogP contribution < -0.4 is 0 Å². The summed E-state index contributed by atoms with van der Waals surface area (Å²) in [5.41, 5.74) is 1.24. The fraction of sp³-hybridized carbons (Fsp3) is 0.143. The molecule has 0 saturated carbocycles. The highest BCUT2D eigenvalue weighted by Gasteiger charge is 2.01. The summed E-state index contributed by atoms with van der Waals surface area (Å²) < 4.78 is 0. The van der Waals surface area contributed by atoms with Gasteiger partial charge in [0.1, 0.15) is 6.07 Å². The monoisotopic (exact) mass is 230 g/mol. The van der Waals surface area contributed by atoms with Crippen molar-refractivity contribution < 1.29 is 0 Å². The normalized spacial score (nSPS) is 9.18. The summed E-state index contributed by atoms with van der Waals surface area (Å²) in [6, 6.07) is 3.61. The van der Waals surface area contributed by atoms with Gasteiger partial charge in [-0.1, -0.05) is 27.5 Å². The van der Waals surface area contributed by atoms with Gasteiger partial charge in [0, 0.05) is 11.5 Å². The number of alkyl halides is 1. The van der Waals surface area contributed by atoms with Crippen LogP contribution in [0.4, 0.5) is 0 Å². The van der Waals surface area contributed by atoms with Crippen molar-refractivity contribution in [2.45, 2.75) is 5.33 Å². The van der Waals surface area contributed by atoms with E-state index in [9.17, 15) is 0 Å². The largest absolute Gasteiger partial charge is 0.257 e. The van der Waals surface area contributed by atoms with Crippen molar-refractivity contribution in [1.82, 2.24) is 4.98 Å². The molecule has 1 aromatic rings. The predicted molar refractivity (Wildman–Crippen MR) is 46.6 cm³/mol. The van der Waals surface area contributed by atoms with Gasteiger partial charge in [-0.15, -0.1) is 0 Å². The number of pyridine rings is 1.